The molecule has 0 radical (unpaired) electrons. The molecule has 0 bridgehead atoms. The Kier molecular flexibility index (Phi) is 6.82. The Morgan fingerprint density at radius 2 is 1.81 bits per heavy atom. The van der Waals surface area contributed by atoms with E-state index in [1.165, 1.54) is 18.2 Å². The summed E-state index contributed by atoms with van der Waals surface area (Å²) in [5.74, 6) is -2.06. The number of rotatable bonds is 8. The molecule has 0 heterocycles. The zero-order valence-corrected chi connectivity index (χ0v) is 15.2. The van der Waals surface area contributed by atoms with Gasteiger partial charge in [0.1, 0.15) is 6.04 Å². The smallest absolute Gasteiger partial charge is 0.273 e. The summed E-state index contributed by atoms with van der Waals surface area (Å²) in [6, 6.07) is 5.05. The lowest BCUT2D eigenvalue weighted by atomic mass is 9.82. The molecule has 0 unspecified atom stereocenters. The largest absolute Gasteiger partial charge is 0.368 e. The highest BCUT2D eigenvalue weighted by Crippen LogP contribution is 2.31. The molecular formula is C17H24N4O5. The van der Waals surface area contributed by atoms with Gasteiger partial charge in [-0.15, -0.1) is 0 Å². The van der Waals surface area contributed by atoms with E-state index in [0.717, 1.165) is 0 Å². The van der Waals surface area contributed by atoms with Gasteiger partial charge >= 0.3 is 0 Å². The van der Waals surface area contributed by atoms with Crippen molar-refractivity contribution in [2.45, 2.75) is 39.2 Å². The van der Waals surface area contributed by atoms with Crippen LogP contribution in [0.5, 0.6) is 0 Å². The van der Waals surface area contributed by atoms with Crippen molar-refractivity contribution in [2.24, 2.45) is 11.7 Å². The topological polar surface area (TPSA) is 144 Å². The molecule has 0 saturated heterocycles. The van der Waals surface area contributed by atoms with Gasteiger partial charge in [0.25, 0.3) is 5.69 Å². The Labute approximate surface area is 151 Å². The van der Waals surface area contributed by atoms with Crippen molar-refractivity contribution >= 4 is 23.4 Å². The van der Waals surface area contributed by atoms with Gasteiger partial charge in [0, 0.05) is 11.6 Å². The van der Waals surface area contributed by atoms with Gasteiger partial charge in [0.2, 0.25) is 17.7 Å². The number of benzene rings is 1. The molecule has 9 nitrogen and oxygen atoms in total. The lowest BCUT2D eigenvalue weighted by Crippen LogP contribution is -2.54. The predicted molar refractivity (Wildman–Crippen MR) is 95.1 cm³/mol. The van der Waals surface area contributed by atoms with Crippen LogP contribution in [0.2, 0.25) is 0 Å². The maximum absolute atomic E-state index is 12.8. The molecule has 0 fully saturated rings. The summed E-state index contributed by atoms with van der Waals surface area (Å²) in [5.41, 5.74) is 3.82. The summed E-state index contributed by atoms with van der Waals surface area (Å²) in [6.07, 6.45) is 0. The van der Waals surface area contributed by atoms with Crippen molar-refractivity contribution in [3.8, 4) is 0 Å². The zero-order valence-electron chi connectivity index (χ0n) is 15.2. The Morgan fingerprint density at radius 3 is 2.31 bits per heavy atom. The predicted octanol–water partition coefficient (Wildman–Crippen LogP) is 0.615. The van der Waals surface area contributed by atoms with Crippen LogP contribution in [-0.2, 0) is 19.8 Å². The number of hydrogen-bond acceptors (Lipinski definition) is 5. The van der Waals surface area contributed by atoms with Gasteiger partial charge in [-0.3, -0.25) is 24.5 Å². The molecule has 142 valence electrons. The van der Waals surface area contributed by atoms with E-state index in [1.807, 2.05) is 0 Å². The second kappa shape index (κ2) is 8.41. The van der Waals surface area contributed by atoms with E-state index < -0.39 is 34.1 Å². The third kappa shape index (κ3) is 5.01. The Hall–Kier alpha value is -2.97. The number of carbonyl (C=O) groups is 3. The first kappa shape index (κ1) is 21.1. The van der Waals surface area contributed by atoms with Gasteiger partial charge in [-0.1, -0.05) is 32.0 Å². The fourth-order valence-electron chi connectivity index (χ4n) is 2.42. The molecule has 1 aromatic carbocycles. The number of primary amides is 1. The molecule has 0 aromatic heterocycles. The average molecular weight is 364 g/mol. The summed E-state index contributed by atoms with van der Waals surface area (Å²) in [6.45, 7) is 6.21. The Balaban J connectivity index is 3.07. The van der Waals surface area contributed by atoms with E-state index in [0.29, 0.717) is 0 Å². The fourth-order valence-corrected chi connectivity index (χ4v) is 2.42. The molecule has 1 aromatic rings. The second-order valence-electron chi connectivity index (χ2n) is 6.78. The van der Waals surface area contributed by atoms with Gasteiger partial charge in [-0.05, 0) is 19.8 Å². The third-order valence-electron chi connectivity index (χ3n) is 4.01. The normalized spacial score (nSPS) is 12.3. The summed E-state index contributed by atoms with van der Waals surface area (Å²) in [4.78, 5) is 46.5. The van der Waals surface area contributed by atoms with Crippen LogP contribution in [-0.4, -0.2) is 35.2 Å². The number of amides is 3. The van der Waals surface area contributed by atoms with Crippen molar-refractivity contribution in [1.82, 2.24) is 10.6 Å². The van der Waals surface area contributed by atoms with E-state index >= 15 is 0 Å². The standard InChI is InChI=1S/C17H24N4O5/c1-10(2)14(15(23)19-9-13(18)22)20-16(24)17(3,4)11-7-5-6-8-12(11)21(25)26/h5-8,10,14H,9H2,1-4H3,(H2,18,22)(H,19,23)(H,20,24)/t14-/m0/s1. The van der Waals surface area contributed by atoms with Crippen LogP contribution in [0, 0.1) is 16.0 Å². The lowest BCUT2D eigenvalue weighted by molar-refractivity contribution is -0.385. The van der Waals surface area contributed by atoms with Gasteiger partial charge in [0.15, 0.2) is 0 Å². The first-order chi connectivity index (χ1) is 12.0. The van der Waals surface area contributed by atoms with Crippen molar-refractivity contribution in [1.29, 1.82) is 0 Å². The molecule has 4 N–H and O–H groups in total. The van der Waals surface area contributed by atoms with Gasteiger partial charge in [-0.25, -0.2) is 0 Å². The minimum Gasteiger partial charge on any atom is -0.368 e. The minimum absolute atomic E-state index is 0.174. The molecule has 0 saturated carbocycles. The number of nitro benzene ring substituents is 1. The van der Waals surface area contributed by atoms with Crippen LogP contribution in [0.15, 0.2) is 24.3 Å². The van der Waals surface area contributed by atoms with Crippen LogP contribution in [0.3, 0.4) is 0 Å². The van der Waals surface area contributed by atoms with E-state index in [9.17, 15) is 24.5 Å². The Bertz CT molecular complexity index is 715. The maximum atomic E-state index is 12.8. The fraction of sp³-hybridized carbons (Fsp3) is 0.471. The first-order valence-corrected chi connectivity index (χ1v) is 8.09. The number of nitrogens with one attached hydrogen (secondary N) is 2. The number of hydrogen-bond donors (Lipinski definition) is 3. The van der Waals surface area contributed by atoms with Gasteiger partial charge in [-0.2, -0.15) is 0 Å². The average Bonchev–Trinajstić information content (AvgIpc) is 2.56. The van der Waals surface area contributed by atoms with Crippen molar-refractivity contribution in [3.05, 3.63) is 39.9 Å². The summed E-state index contributed by atoms with van der Waals surface area (Å²) in [7, 11) is 0. The van der Waals surface area contributed by atoms with Crippen LogP contribution < -0.4 is 16.4 Å². The summed E-state index contributed by atoms with van der Waals surface area (Å²) < 4.78 is 0. The maximum Gasteiger partial charge on any atom is 0.273 e. The number of para-hydroxylation sites is 1. The number of nitro groups is 1. The van der Waals surface area contributed by atoms with Crippen LogP contribution in [0.1, 0.15) is 33.3 Å². The summed E-state index contributed by atoms with van der Waals surface area (Å²) >= 11 is 0. The van der Waals surface area contributed by atoms with Crippen molar-refractivity contribution in [2.75, 3.05) is 6.54 Å². The molecule has 0 aliphatic heterocycles. The van der Waals surface area contributed by atoms with E-state index in [2.05, 4.69) is 10.6 Å². The van der Waals surface area contributed by atoms with Crippen LogP contribution >= 0.6 is 0 Å². The number of nitrogens with two attached hydrogens (primary N) is 1. The molecule has 0 spiro atoms. The van der Waals surface area contributed by atoms with E-state index in [-0.39, 0.29) is 23.7 Å². The van der Waals surface area contributed by atoms with E-state index in [1.54, 1.807) is 33.8 Å². The highest BCUT2D eigenvalue weighted by Gasteiger charge is 2.38. The van der Waals surface area contributed by atoms with Crippen molar-refractivity contribution < 1.29 is 19.3 Å². The molecule has 26 heavy (non-hydrogen) atoms. The van der Waals surface area contributed by atoms with Gasteiger partial charge < -0.3 is 16.4 Å². The zero-order chi connectivity index (χ0) is 20.1. The van der Waals surface area contributed by atoms with E-state index in [4.69, 9.17) is 5.73 Å². The molecular weight excluding hydrogens is 340 g/mol. The minimum atomic E-state index is -1.25. The molecule has 1 atom stereocenters. The number of nitrogens with zero attached hydrogens (tertiary/aromatic N) is 1. The highest BCUT2D eigenvalue weighted by molar-refractivity contribution is 5.94. The second-order valence-corrected chi connectivity index (χ2v) is 6.78. The van der Waals surface area contributed by atoms with Crippen molar-refractivity contribution in [3.63, 3.8) is 0 Å². The summed E-state index contributed by atoms with van der Waals surface area (Å²) in [5, 5.41) is 16.2. The molecule has 9 heteroatoms. The first-order valence-electron chi connectivity index (χ1n) is 8.09. The highest BCUT2D eigenvalue weighted by atomic mass is 16.6. The molecule has 3 amide bonds. The molecule has 0 aliphatic rings. The van der Waals surface area contributed by atoms with Crippen LogP contribution in [0.4, 0.5) is 5.69 Å². The quantitative estimate of drug-likeness (QED) is 0.457. The van der Waals surface area contributed by atoms with Crippen LogP contribution in [0.25, 0.3) is 0 Å². The Morgan fingerprint density at radius 1 is 1.23 bits per heavy atom. The van der Waals surface area contributed by atoms with Gasteiger partial charge in [0.05, 0.1) is 16.9 Å². The SMILES string of the molecule is CC(C)[C@H](NC(=O)C(C)(C)c1ccccc1[N+](=O)[O-])C(=O)NCC(N)=O. The molecule has 0 aliphatic carbocycles. The molecule has 1 rings (SSSR count). The third-order valence-corrected chi connectivity index (χ3v) is 4.01. The number of carbonyl (C=O) groups excluding carboxylic acids is 3. The lowest BCUT2D eigenvalue weighted by Gasteiger charge is -2.28. The monoisotopic (exact) mass is 364 g/mol.